The van der Waals surface area contributed by atoms with Crippen molar-refractivity contribution in [2.24, 2.45) is 0 Å². The van der Waals surface area contributed by atoms with Gasteiger partial charge in [0.1, 0.15) is 0 Å². The molecule has 0 bridgehead atoms. The van der Waals surface area contributed by atoms with Crippen LogP contribution >= 0.6 is 0 Å². The van der Waals surface area contributed by atoms with Crippen LogP contribution in [-0.2, 0) is 0 Å². The molecular formula is C43H28N4. The van der Waals surface area contributed by atoms with Crippen molar-refractivity contribution < 1.29 is 0 Å². The highest BCUT2D eigenvalue weighted by molar-refractivity contribution is 6.21. The third-order valence-corrected chi connectivity index (χ3v) is 8.82. The molecule has 0 aliphatic rings. The van der Waals surface area contributed by atoms with Gasteiger partial charge < -0.3 is 4.57 Å². The van der Waals surface area contributed by atoms with E-state index in [9.17, 15) is 0 Å². The summed E-state index contributed by atoms with van der Waals surface area (Å²) in [5.74, 6) is 1.93. The fourth-order valence-corrected chi connectivity index (χ4v) is 6.60. The molecule has 7 aromatic carbocycles. The number of hydrogen-bond donors (Lipinski definition) is 0. The summed E-state index contributed by atoms with van der Waals surface area (Å²) in [7, 11) is 0. The number of hydrogen-bond acceptors (Lipinski definition) is 3. The van der Waals surface area contributed by atoms with Gasteiger partial charge in [-0.25, -0.2) is 15.0 Å². The predicted octanol–water partition coefficient (Wildman–Crippen LogP) is 10.8. The first-order valence-electron chi connectivity index (χ1n) is 15.8. The van der Waals surface area contributed by atoms with Crippen LogP contribution in [0.2, 0.25) is 0 Å². The Kier molecular flexibility index (Phi) is 6.43. The van der Waals surface area contributed by atoms with E-state index in [1.165, 1.54) is 32.7 Å². The minimum Gasteiger partial charge on any atom is -0.309 e. The van der Waals surface area contributed by atoms with Crippen LogP contribution in [0.15, 0.2) is 170 Å². The van der Waals surface area contributed by atoms with Gasteiger partial charge >= 0.3 is 0 Å². The zero-order chi connectivity index (χ0) is 31.2. The molecule has 0 atom stereocenters. The molecule has 0 spiro atoms. The Labute approximate surface area is 272 Å². The Bertz CT molecular complexity index is 2500. The molecule has 0 saturated carbocycles. The maximum absolute atomic E-state index is 5.01. The van der Waals surface area contributed by atoms with Gasteiger partial charge in [-0.05, 0) is 46.2 Å². The fourth-order valence-electron chi connectivity index (χ4n) is 6.60. The van der Waals surface area contributed by atoms with Crippen molar-refractivity contribution in [2.45, 2.75) is 0 Å². The first-order valence-corrected chi connectivity index (χ1v) is 15.8. The van der Waals surface area contributed by atoms with E-state index in [1.807, 2.05) is 60.7 Å². The highest BCUT2D eigenvalue weighted by atomic mass is 15.0. The topological polar surface area (TPSA) is 43.6 Å². The van der Waals surface area contributed by atoms with Crippen molar-refractivity contribution in [2.75, 3.05) is 0 Å². The first kappa shape index (κ1) is 27.0. The summed E-state index contributed by atoms with van der Waals surface area (Å²) in [5.41, 5.74) is 8.56. The van der Waals surface area contributed by atoms with E-state index in [1.54, 1.807) is 0 Å². The summed E-state index contributed by atoms with van der Waals surface area (Å²) in [6.07, 6.45) is 0. The molecule has 9 aromatic rings. The van der Waals surface area contributed by atoms with Crippen molar-refractivity contribution in [1.82, 2.24) is 19.5 Å². The SMILES string of the molecule is c1ccc(-c2ccc3c4c5ccccc5ccc4n(-c4cccc(-c5nc(-c6ccccc6)nc(-c6ccccc6)n5)c4)c3c2)cc1. The Hall–Kier alpha value is -6.39. The molecule has 2 aromatic heterocycles. The Balaban J connectivity index is 1.28. The van der Waals surface area contributed by atoms with Crippen LogP contribution in [0.4, 0.5) is 0 Å². The summed E-state index contributed by atoms with van der Waals surface area (Å²) in [5, 5.41) is 4.95. The smallest absolute Gasteiger partial charge is 0.164 e. The second-order valence-corrected chi connectivity index (χ2v) is 11.7. The lowest BCUT2D eigenvalue weighted by molar-refractivity contribution is 1.07. The number of benzene rings is 7. The molecule has 0 saturated heterocycles. The second kappa shape index (κ2) is 11.2. The zero-order valence-corrected chi connectivity index (χ0v) is 25.5. The van der Waals surface area contributed by atoms with Crippen molar-refractivity contribution in [3.63, 3.8) is 0 Å². The van der Waals surface area contributed by atoms with Gasteiger partial charge in [-0.3, -0.25) is 0 Å². The number of aromatic nitrogens is 4. The Morgan fingerprint density at radius 2 is 0.915 bits per heavy atom. The highest BCUT2D eigenvalue weighted by Gasteiger charge is 2.18. The summed E-state index contributed by atoms with van der Waals surface area (Å²) < 4.78 is 2.38. The summed E-state index contributed by atoms with van der Waals surface area (Å²) in [6.45, 7) is 0. The van der Waals surface area contributed by atoms with Crippen LogP contribution in [0.25, 0.3) is 83.6 Å². The molecule has 0 aliphatic heterocycles. The predicted molar refractivity (Wildman–Crippen MR) is 193 cm³/mol. The molecule has 0 aliphatic carbocycles. The zero-order valence-electron chi connectivity index (χ0n) is 25.5. The quantitative estimate of drug-likeness (QED) is 0.197. The van der Waals surface area contributed by atoms with E-state index in [2.05, 4.69) is 114 Å². The van der Waals surface area contributed by atoms with Gasteiger partial charge in [-0.1, -0.05) is 146 Å². The lowest BCUT2D eigenvalue weighted by atomic mass is 10.0. The molecule has 220 valence electrons. The normalized spacial score (nSPS) is 11.4. The molecule has 4 heteroatoms. The largest absolute Gasteiger partial charge is 0.309 e. The Morgan fingerprint density at radius 3 is 1.60 bits per heavy atom. The molecular weight excluding hydrogens is 573 g/mol. The van der Waals surface area contributed by atoms with Gasteiger partial charge in [0.2, 0.25) is 0 Å². The summed E-state index contributed by atoms with van der Waals surface area (Å²) in [4.78, 5) is 14.9. The molecule has 0 radical (unpaired) electrons. The van der Waals surface area contributed by atoms with Gasteiger partial charge in [-0.2, -0.15) is 0 Å². The van der Waals surface area contributed by atoms with Crippen molar-refractivity contribution >= 4 is 32.6 Å². The minimum absolute atomic E-state index is 0.635. The first-order chi connectivity index (χ1) is 23.3. The van der Waals surface area contributed by atoms with Crippen LogP contribution in [-0.4, -0.2) is 19.5 Å². The van der Waals surface area contributed by atoms with E-state index < -0.39 is 0 Å². The standard InChI is InChI=1S/C43H28N4/c1-4-13-29(14-5-1)33-23-25-37-39(28-33)47(38-26-24-30-15-10-11-22-36(30)40(37)38)35-21-12-20-34(27-35)43-45-41(31-16-6-2-7-17-31)44-42(46-43)32-18-8-3-9-19-32/h1-28H. The number of nitrogens with zero attached hydrogens (tertiary/aromatic N) is 4. The summed E-state index contributed by atoms with van der Waals surface area (Å²) >= 11 is 0. The van der Waals surface area contributed by atoms with Crippen molar-refractivity contribution in [1.29, 1.82) is 0 Å². The van der Waals surface area contributed by atoms with Crippen molar-refractivity contribution in [3.05, 3.63) is 170 Å². The van der Waals surface area contributed by atoms with Crippen LogP contribution < -0.4 is 0 Å². The van der Waals surface area contributed by atoms with Gasteiger partial charge in [0.15, 0.2) is 17.5 Å². The van der Waals surface area contributed by atoms with E-state index in [-0.39, 0.29) is 0 Å². The maximum Gasteiger partial charge on any atom is 0.164 e. The van der Waals surface area contributed by atoms with Gasteiger partial charge in [0.25, 0.3) is 0 Å². The van der Waals surface area contributed by atoms with E-state index >= 15 is 0 Å². The molecule has 0 unspecified atom stereocenters. The Morgan fingerprint density at radius 1 is 0.340 bits per heavy atom. The van der Waals surface area contributed by atoms with Crippen molar-refractivity contribution in [3.8, 4) is 51.0 Å². The second-order valence-electron chi connectivity index (χ2n) is 11.7. The molecule has 0 amide bonds. The van der Waals surface area contributed by atoms with Crippen LogP contribution in [0.1, 0.15) is 0 Å². The molecule has 0 N–H and O–H groups in total. The van der Waals surface area contributed by atoms with Gasteiger partial charge in [-0.15, -0.1) is 0 Å². The lowest BCUT2D eigenvalue weighted by Gasteiger charge is -2.12. The third-order valence-electron chi connectivity index (χ3n) is 8.82. The third kappa shape index (κ3) is 4.75. The number of rotatable bonds is 5. The fraction of sp³-hybridized carbons (Fsp3) is 0. The van der Waals surface area contributed by atoms with Crippen LogP contribution in [0, 0.1) is 0 Å². The average Bonchev–Trinajstić information content (AvgIpc) is 3.50. The highest BCUT2D eigenvalue weighted by Crippen LogP contribution is 2.39. The molecule has 2 heterocycles. The maximum atomic E-state index is 5.01. The van der Waals surface area contributed by atoms with E-state index in [0.29, 0.717) is 17.5 Å². The van der Waals surface area contributed by atoms with Crippen LogP contribution in [0.3, 0.4) is 0 Å². The molecule has 0 fully saturated rings. The average molecular weight is 601 g/mol. The van der Waals surface area contributed by atoms with Crippen LogP contribution in [0.5, 0.6) is 0 Å². The van der Waals surface area contributed by atoms with E-state index in [0.717, 1.165) is 33.4 Å². The minimum atomic E-state index is 0.635. The molecule has 4 nitrogen and oxygen atoms in total. The van der Waals surface area contributed by atoms with E-state index in [4.69, 9.17) is 15.0 Å². The monoisotopic (exact) mass is 600 g/mol. The molecule has 47 heavy (non-hydrogen) atoms. The molecule has 9 rings (SSSR count). The van der Waals surface area contributed by atoms with Gasteiger partial charge in [0.05, 0.1) is 11.0 Å². The summed E-state index contributed by atoms with van der Waals surface area (Å²) in [6, 6.07) is 59.3. The number of fused-ring (bicyclic) bond motifs is 5. The van der Waals surface area contributed by atoms with Gasteiger partial charge in [0, 0.05) is 33.2 Å². The lowest BCUT2D eigenvalue weighted by Crippen LogP contribution is -2.01.